The summed E-state index contributed by atoms with van der Waals surface area (Å²) in [6, 6.07) is 4.57. The average Bonchev–Trinajstić information content (AvgIpc) is 2.25. The third kappa shape index (κ3) is 2.70. The minimum Gasteiger partial charge on any atom is -0.369 e. The second kappa shape index (κ2) is 4.69. The lowest BCUT2D eigenvalue weighted by Gasteiger charge is -2.43. The van der Waals surface area contributed by atoms with Gasteiger partial charge in [-0.15, -0.1) is 0 Å². The Balaban J connectivity index is 2.28. The van der Waals surface area contributed by atoms with Crippen LogP contribution in [0.25, 0.3) is 0 Å². The number of morpholine rings is 1. The van der Waals surface area contributed by atoms with Gasteiger partial charge in [-0.2, -0.15) is 0 Å². The van der Waals surface area contributed by atoms with Crippen molar-refractivity contribution in [3.8, 4) is 0 Å². The Bertz CT molecular complexity index is 459. The molecule has 0 spiro atoms. The van der Waals surface area contributed by atoms with Gasteiger partial charge in [-0.05, 0) is 39.0 Å². The highest BCUT2D eigenvalue weighted by Crippen LogP contribution is 2.28. The van der Waals surface area contributed by atoms with Crippen LogP contribution in [0.5, 0.6) is 0 Å². The fraction of sp³-hybridized carbons (Fsp3) is 0.500. The second-order valence-corrected chi connectivity index (χ2v) is 5.40. The number of hydrogen-bond acceptors (Lipinski definition) is 3. The normalized spacial score (nSPS) is 22.9. The molecule has 0 radical (unpaired) electrons. The molecule has 0 aromatic heterocycles. The van der Waals surface area contributed by atoms with Crippen molar-refractivity contribution in [1.29, 1.82) is 0 Å². The Hall–Kier alpha value is -1.42. The van der Waals surface area contributed by atoms with Crippen molar-refractivity contribution >= 4 is 12.0 Å². The molecule has 1 atom stereocenters. The number of carbonyl (C=O) groups is 1. The summed E-state index contributed by atoms with van der Waals surface area (Å²) in [7, 11) is 0. The predicted molar refractivity (Wildman–Crippen MR) is 68.6 cm³/mol. The van der Waals surface area contributed by atoms with Crippen LogP contribution >= 0.6 is 0 Å². The topological polar surface area (TPSA) is 29.5 Å². The van der Waals surface area contributed by atoms with Gasteiger partial charge in [0.2, 0.25) is 0 Å². The van der Waals surface area contributed by atoms with Crippen LogP contribution < -0.4 is 4.90 Å². The summed E-state index contributed by atoms with van der Waals surface area (Å²) >= 11 is 0. The van der Waals surface area contributed by atoms with Crippen molar-refractivity contribution in [3.63, 3.8) is 0 Å². The number of anilines is 1. The fourth-order valence-electron chi connectivity index (χ4n) is 2.49. The van der Waals surface area contributed by atoms with E-state index in [1.54, 1.807) is 12.1 Å². The van der Waals surface area contributed by atoms with Crippen molar-refractivity contribution in [2.24, 2.45) is 0 Å². The molecular weight excluding hydrogens is 233 g/mol. The second-order valence-electron chi connectivity index (χ2n) is 5.40. The van der Waals surface area contributed by atoms with E-state index in [1.165, 1.54) is 6.07 Å². The predicted octanol–water partition coefficient (Wildman–Crippen LogP) is 2.64. The molecule has 0 N–H and O–H groups in total. The van der Waals surface area contributed by atoms with E-state index in [1.807, 2.05) is 25.7 Å². The van der Waals surface area contributed by atoms with E-state index in [-0.39, 0.29) is 17.5 Å². The number of rotatable bonds is 2. The maximum absolute atomic E-state index is 14.0. The lowest BCUT2D eigenvalue weighted by atomic mass is 10.0. The molecule has 0 aliphatic carbocycles. The summed E-state index contributed by atoms with van der Waals surface area (Å²) in [6.45, 7) is 7.25. The highest BCUT2D eigenvalue weighted by Gasteiger charge is 2.32. The molecule has 0 amide bonds. The van der Waals surface area contributed by atoms with Crippen molar-refractivity contribution < 1.29 is 13.9 Å². The van der Waals surface area contributed by atoms with Crippen LogP contribution in [0.2, 0.25) is 0 Å². The number of halogens is 1. The quantitative estimate of drug-likeness (QED) is 0.757. The molecule has 1 heterocycles. The summed E-state index contributed by atoms with van der Waals surface area (Å²) in [5.74, 6) is -0.357. The van der Waals surface area contributed by atoms with Gasteiger partial charge in [0.25, 0.3) is 0 Å². The maximum Gasteiger partial charge on any atom is 0.150 e. The lowest BCUT2D eigenvalue weighted by Crippen LogP contribution is -2.52. The molecule has 1 aromatic carbocycles. The summed E-state index contributed by atoms with van der Waals surface area (Å²) in [5, 5.41) is 0. The Morgan fingerprint density at radius 2 is 2.22 bits per heavy atom. The molecule has 0 saturated carbocycles. The van der Waals surface area contributed by atoms with Gasteiger partial charge in [0.15, 0.2) is 0 Å². The van der Waals surface area contributed by atoms with Gasteiger partial charge in [-0.3, -0.25) is 4.79 Å². The summed E-state index contributed by atoms with van der Waals surface area (Å²) in [6.07, 6.45) is 0.706. The molecule has 1 aliphatic rings. The van der Waals surface area contributed by atoms with Crippen LogP contribution in [0.15, 0.2) is 18.2 Å². The summed E-state index contributed by atoms with van der Waals surface area (Å²) < 4.78 is 19.7. The third-order valence-corrected chi connectivity index (χ3v) is 3.02. The fourth-order valence-corrected chi connectivity index (χ4v) is 2.49. The molecule has 1 unspecified atom stereocenters. The van der Waals surface area contributed by atoms with E-state index in [0.29, 0.717) is 30.6 Å². The SMILES string of the molecule is CC1CN(c2ccc(C=O)cc2F)CC(C)(C)O1. The number of nitrogens with zero attached hydrogens (tertiary/aromatic N) is 1. The number of hydrogen-bond donors (Lipinski definition) is 0. The van der Waals surface area contributed by atoms with Crippen LogP contribution in [-0.2, 0) is 4.74 Å². The zero-order chi connectivity index (χ0) is 13.3. The minimum atomic E-state index is -0.357. The lowest BCUT2D eigenvalue weighted by molar-refractivity contribution is -0.0751. The van der Waals surface area contributed by atoms with Gasteiger partial charge >= 0.3 is 0 Å². The molecule has 1 fully saturated rings. The maximum atomic E-state index is 14.0. The standard InChI is InChI=1S/C14H18FNO2/c1-10-7-16(9-14(2,3)18-10)13-5-4-11(8-17)6-12(13)15/h4-6,8,10H,7,9H2,1-3H3. The Kier molecular flexibility index (Phi) is 3.39. The smallest absolute Gasteiger partial charge is 0.150 e. The van der Waals surface area contributed by atoms with E-state index >= 15 is 0 Å². The van der Waals surface area contributed by atoms with Crippen LogP contribution in [0.4, 0.5) is 10.1 Å². The first-order valence-corrected chi connectivity index (χ1v) is 6.09. The van der Waals surface area contributed by atoms with Crippen molar-refractivity contribution in [2.45, 2.75) is 32.5 Å². The number of carbonyl (C=O) groups excluding carboxylic acids is 1. The molecule has 4 heteroatoms. The van der Waals surface area contributed by atoms with E-state index in [0.717, 1.165) is 0 Å². The average molecular weight is 251 g/mol. The van der Waals surface area contributed by atoms with Crippen LogP contribution in [-0.4, -0.2) is 31.1 Å². The summed E-state index contributed by atoms with van der Waals surface area (Å²) in [4.78, 5) is 12.6. The van der Waals surface area contributed by atoms with Gasteiger partial charge < -0.3 is 9.64 Å². The molecule has 18 heavy (non-hydrogen) atoms. The van der Waals surface area contributed by atoms with Gasteiger partial charge in [-0.25, -0.2) is 4.39 Å². The van der Waals surface area contributed by atoms with Gasteiger partial charge in [-0.1, -0.05) is 0 Å². The van der Waals surface area contributed by atoms with Crippen LogP contribution in [0.1, 0.15) is 31.1 Å². The molecular formula is C14H18FNO2. The van der Waals surface area contributed by atoms with Crippen molar-refractivity contribution in [3.05, 3.63) is 29.6 Å². The summed E-state index contributed by atoms with van der Waals surface area (Å²) in [5.41, 5.74) is 0.591. The zero-order valence-electron chi connectivity index (χ0n) is 10.9. The highest BCUT2D eigenvalue weighted by molar-refractivity contribution is 5.76. The number of aldehydes is 1. The molecule has 2 rings (SSSR count). The monoisotopic (exact) mass is 251 g/mol. The molecule has 3 nitrogen and oxygen atoms in total. The number of ether oxygens (including phenoxy) is 1. The third-order valence-electron chi connectivity index (χ3n) is 3.02. The number of benzene rings is 1. The zero-order valence-corrected chi connectivity index (χ0v) is 10.9. The van der Waals surface area contributed by atoms with Crippen molar-refractivity contribution in [1.82, 2.24) is 0 Å². The highest BCUT2D eigenvalue weighted by atomic mass is 19.1. The van der Waals surface area contributed by atoms with E-state index < -0.39 is 0 Å². The first-order chi connectivity index (χ1) is 8.41. The van der Waals surface area contributed by atoms with Crippen LogP contribution in [0.3, 0.4) is 0 Å². The van der Waals surface area contributed by atoms with E-state index in [4.69, 9.17) is 4.74 Å². The Morgan fingerprint density at radius 3 is 2.78 bits per heavy atom. The van der Waals surface area contributed by atoms with Crippen LogP contribution in [0, 0.1) is 5.82 Å². The Morgan fingerprint density at radius 1 is 1.50 bits per heavy atom. The Labute approximate surface area is 107 Å². The molecule has 1 saturated heterocycles. The minimum absolute atomic E-state index is 0.0545. The van der Waals surface area contributed by atoms with E-state index in [9.17, 15) is 9.18 Å². The first-order valence-electron chi connectivity index (χ1n) is 6.09. The van der Waals surface area contributed by atoms with E-state index in [2.05, 4.69) is 0 Å². The van der Waals surface area contributed by atoms with Gasteiger partial charge in [0.05, 0.1) is 17.4 Å². The molecule has 98 valence electrons. The molecule has 0 bridgehead atoms. The molecule has 1 aliphatic heterocycles. The van der Waals surface area contributed by atoms with Gasteiger partial charge in [0.1, 0.15) is 12.1 Å². The van der Waals surface area contributed by atoms with Crippen molar-refractivity contribution in [2.75, 3.05) is 18.0 Å². The largest absolute Gasteiger partial charge is 0.369 e. The van der Waals surface area contributed by atoms with Gasteiger partial charge in [0, 0.05) is 18.7 Å². The first kappa shape index (κ1) is 13.0. The molecule has 1 aromatic rings.